The van der Waals surface area contributed by atoms with E-state index in [2.05, 4.69) is 23.5 Å². The van der Waals surface area contributed by atoms with Gasteiger partial charge in [0.15, 0.2) is 0 Å². The summed E-state index contributed by atoms with van der Waals surface area (Å²) in [5.41, 5.74) is 4.33. The monoisotopic (exact) mass is 300 g/mol. The molecule has 1 fully saturated rings. The molecule has 0 aliphatic heterocycles. The third kappa shape index (κ3) is 2.39. The maximum atomic E-state index is 12.6. The zero-order valence-electron chi connectivity index (χ0n) is 12.9. The van der Waals surface area contributed by atoms with E-state index < -0.39 is 0 Å². The van der Waals surface area contributed by atoms with Crippen LogP contribution in [0.4, 0.5) is 4.79 Å². The van der Waals surface area contributed by atoms with E-state index in [0.717, 1.165) is 19.3 Å². The fourth-order valence-electron chi connectivity index (χ4n) is 4.30. The number of hydrogen-bond donors (Lipinski definition) is 2. The Bertz CT molecular complexity index is 582. The van der Waals surface area contributed by atoms with Crippen LogP contribution in [0, 0.1) is 0 Å². The highest BCUT2D eigenvalue weighted by atomic mass is 16.3. The normalized spacial score (nSPS) is 25.7. The quantitative estimate of drug-likeness (QED) is 0.898. The lowest BCUT2D eigenvalue weighted by atomic mass is 9.84. The Labute approximate surface area is 131 Å². The summed E-state index contributed by atoms with van der Waals surface area (Å²) in [6.07, 6.45) is 6.87. The van der Waals surface area contributed by atoms with Gasteiger partial charge in [-0.05, 0) is 61.1 Å². The van der Waals surface area contributed by atoms with Crippen molar-refractivity contribution >= 4 is 6.03 Å². The first-order chi connectivity index (χ1) is 10.8. The Kier molecular flexibility index (Phi) is 3.57. The molecule has 2 atom stereocenters. The lowest BCUT2D eigenvalue weighted by molar-refractivity contribution is 0.170. The number of benzene rings is 1. The number of hydrogen-bond acceptors (Lipinski definition) is 2. The molecule has 2 unspecified atom stereocenters. The Hall–Kier alpha value is -1.55. The Morgan fingerprint density at radius 3 is 2.95 bits per heavy atom. The Balaban J connectivity index is 1.53. The van der Waals surface area contributed by atoms with Crippen molar-refractivity contribution in [2.45, 2.75) is 56.5 Å². The van der Waals surface area contributed by atoms with Crippen LogP contribution in [0.15, 0.2) is 18.2 Å². The van der Waals surface area contributed by atoms with Crippen molar-refractivity contribution < 1.29 is 9.90 Å². The number of rotatable bonds is 4. The van der Waals surface area contributed by atoms with Gasteiger partial charge in [-0.1, -0.05) is 18.2 Å². The number of nitrogens with one attached hydrogen (secondary N) is 1. The van der Waals surface area contributed by atoms with Crippen LogP contribution >= 0.6 is 0 Å². The summed E-state index contributed by atoms with van der Waals surface area (Å²) in [6, 6.07) is 7.04. The number of aliphatic hydroxyl groups is 1. The molecular weight excluding hydrogens is 276 g/mol. The third-order valence-electron chi connectivity index (χ3n) is 5.42. The number of aryl methyl sites for hydroxylation is 1. The van der Waals surface area contributed by atoms with Crippen LogP contribution in [0.1, 0.15) is 60.8 Å². The van der Waals surface area contributed by atoms with Crippen molar-refractivity contribution in [2.75, 3.05) is 13.2 Å². The molecule has 2 N–H and O–H groups in total. The number of aliphatic hydroxyl groups excluding tert-OH is 1. The maximum absolute atomic E-state index is 12.6. The molecule has 1 saturated carbocycles. The molecule has 4 nitrogen and oxygen atoms in total. The van der Waals surface area contributed by atoms with Gasteiger partial charge < -0.3 is 15.3 Å². The summed E-state index contributed by atoms with van der Waals surface area (Å²) in [7, 11) is 0. The van der Waals surface area contributed by atoms with E-state index in [1.165, 1.54) is 36.0 Å². The first-order valence-electron chi connectivity index (χ1n) is 8.57. The van der Waals surface area contributed by atoms with E-state index in [1.807, 2.05) is 4.90 Å². The molecule has 1 aromatic carbocycles. The van der Waals surface area contributed by atoms with Crippen LogP contribution in [-0.4, -0.2) is 35.2 Å². The van der Waals surface area contributed by atoms with Crippen molar-refractivity contribution in [2.24, 2.45) is 0 Å². The van der Waals surface area contributed by atoms with Crippen LogP contribution in [0.25, 0.3) is 0 Å². The average Bonchev–Trinajstić information content (AvgIpc) is 3.30. The smallest absolute Gasteiger partial charge is 0.318 e. The third-order valence-corrected chi connectivity index (χ3v) is 5.42. The molecule has 22 heavy (non-hydrogen) atoms. The Morgan fingerprint density at radius 1 is 1.32 bits per heavy atom. The number of nitrogens with zero attached hydrogens (tertiary/aromatic N) is 1. The molecule has 0 spiro atoms. The second-order valence-corrected chi connectivity index (χ2v) is 6.90. The van der Waals surface area contributed by atoms with E-state index in [1.54, 1.807) is 0 Å². The molecule has 2 amide bonds. The van der Waals surface area contributed by atoms with E-state index >= 15 is 0 Å². The van der Waals surface area contributed by atoms with Gasteiger partial charge >= 0.3 is 6.03 Å². The first-order valence-corrected chi connectivity index (χ1v) is 8.57. The van der Waals surface area contributed by atoms with Crippen LogP contribution in [0.3, 0.4) is 0 Å². The van der Waals surface area contributed by atoms with Gasteiger partial charge in [-0.3, -0.25) is 0 Å². The minimum Gasteiger partial charge on any atom is -0.395 e. The highest BCUT2D eigenvalue weighted by Crippen LogP contribution is 2.47. The second-order valence-electron chi connectivity index (χ2n) is 6.90. The molecule has 0 bridgehead atoms. The zero-order valence-corrected chi connectivity index (χ0v) is 12.9. The summed E-state index contributed by atoms with van der Waals surface area (Å²) in [5.74, 6) is 0.623. The molecule has 3 aliphatic carbocycles. The summed E-state index contributed by atoms with van der Waals surface area (Å²) in [5, 5.41) is 12.4. The fourth-order valence-corrected chi connectivity index (χ4v) is 4.30. The summed E-state index contributed by atoms with van der Waals surface area (Å²) in [4.78, 5) is 14.4. The topological polar surface area (TPSA) is 52.6 Å². The van der Waals surface area contributed by atoms with Crippen molar-refractivity contribution in [3.8, 4) is 0 Å². The number of carbonyl (C=O) groups excluding carboxylic acids is 1. The average molecular weight is 300 g/mol. The number of urea groups is 1. The zero-order chi connectivity index (χ0) is 15.1. The van der Waals surface area contributed by atoms with Gasteiger partial charge in [0, 0.05) is 12.6 Å². The number of carbonyl (C=O) groups is 1. The van der Waals surface area contributed by atoms with Gasteiger partial charge in [-0.25, -0.2) is 4.79 Å². The standard InChI is InChI=1S/C18H24N2O2/c21-10-9-20(14-7-8-14)18(22)19-16-11-13-5-1-3-12-4-2-6-15(16)17(12)13/h2,4,6,13-14,16,21H,1,3,5,7-11H2,(H,19,22). The van der Waals surface area contributed by atoms with Gasteiger partial charge in [0.2, 0.25) is 0 Å². The molecule has 118 valence electrons. The van der Waals surface area contributed by atoms with Gasteiger partial charge in [0.1, 0.15) is 0 Å². The van der Waals surface area contributed by atoms with Crippen LogP contribution in [0.5, 0.6) is 0 Å². The number of amides is 2. The lowest BCUT2D eigenvalue weighted by Gasteiger charge is -2.24. The van der Waals surface area contributed by atoms with Gasteiger partial charge in [0.25, 0.3) is 0 Å². The molecule has 0 saturated heterocycles. The predicted octanol–water partition coefficient (Wildman–Crippen LogP) is 2.72. The first kappa shape index (κ1) is 14.1. The minimum absolute atomic E-state index is 0.00204. The van der Waals surface area contributed by atoms with Crippen molar-refractivity contribution in [3.05, 3.63) is 34.9 Å². The van der Waals surface area contributed by atoms with E-state index in [4.69, 9.17) is 0 Å². The van der Waals surface area contributed by atoms with Crippen molar-refractivity contribution in [3.63, 3.8) is 0 Å². The molecule has 0 aromatic heterocycles. The molecule has 0 radical (unpaired) electrons. The van der Waals surface area contributed by atoms with Crippen molar-refractivity contribution in [1.82, 2.24) is 10.2 Å². The van der Waals surface area contributed by atoms with Gasteiger partial charge in [-0.2, -0.15) is 0 Å². The summed E-state index contributed by atoms with van der Waals surface area (Å²) in [6.45, 7) is 0.484. The van der Waals surface area contributed by atoms with E-state index in [-0.39, 0.29) is 18.7 Å². The molecule has 3 aliphatic rings. The SMILES string of the molecule is O=C(NC1CC2CCCc3cccc1c32)N(CCO)C1CC1. The second kappa shape index (κ2) is 5.58. The minimum atomic E-state index is -0.00204. The Morgan fingerprint density at radius 2 is 2.18 bits per heavy atom. The van der Waals surface area contributed by atoms with Gasteiger partial charge in [-0.15, -0.1) is 0 Å². The van der Waals surface area contributed by atoms with Crippen molar-refractivity contribution in [1.29, 1.82) is 0 Å². The summed E-state index contributed by atoms with van der Waals surface area (Å²) < 4.78 is 0. The summed E-state index contributed by atoms with van der Waals surface area (Å²) >= 11 is 0. The molecule has 1 aromatic rings. The van der Waals surface area contributed by atoms with E-state index in [9.17, 15) is 9.90 Å². The molecule has 4 rings (SSSR count). The fraction of sp³-hybridized carbons (Fsp3) is 0.611. The van der Waals surface area contributed by atoms with Crippen LogP contribution in [-0.2, 0) is 6.42 Å². The molecule has 0 heterocycles. The molecular formula is C18H24N2O2. The van der Waals surface area contributed by atoms with Crippen LogP contribution in [0.2, 0.25) is 0 Å². The lowest BCUT2D eigenvalue weighted by Crippen LogP contribution is -2.43. The van der Waals surface area contributed by atoms with E-state index in [0.29, 0.717) is 18.5 Å². The predicted molar refractivity (Wildman–Crippen MR) is 84.8 cm³/mol. The van der Waals surface area contributed by atoms with Gasteiger partial charge in [0.05, 0.1) is 12.6 Å². The maximum Gasteiger partial charge on any atom is 0.318 e. The highest BCUT2D eigenvalue weighted by Gasteiger charge is 2.38. The highest BCUT2D eigenvalue weighted by molar-refractivity contribution is 5.76. The van der Waals surface area contributed by atoms with Crippen LogP contribution < -0.4 is 5.32 Å². The molecule has 4 heteroatoms. The largest absolute Gasteiger partial charge is 0.395 e.